The monoisotopic (exact) mass is 302 g/mol. The fourth-order valence-electron chi connectivity index (χ4n) is 1.99. The first kappa shape index (κ1) is 15.9. The lowest BCUT2D eigenvalue weighted by Gasteiger charge is -2.08. The zero-order valence-corrected chi connectivity index (χ0v) is 13.7. The summed E-state index contributed by atoms with van der Waals surface area (Å²) in [6, 6.07) is 10.3. The van der Waals surface area contributed by atoms with E-state index >= 15 is 0 Å². The van der Waals surface area contributed by atoms with Crippen LogP contribution in [-0.4, -0.2) is 18.6 Å². The Hall–Kier alpha value is -1.52. The normalized spacial score (nSPS) is 10.6. The minimum absolute atomic E-state index is 0.876. The maximum Gasteiger partial charge on any atom is 0.118 e. The molecule has 0 radical (unpaired) electrons. The highest BCUT2D eigenvalue weighted by atomic mass is 32.2. The van der Waals surface area contributed by atoms with E-state index in [1.165, 1.54) is 16.0 Å². The smallest absolute Gasteiger partial charge is 0.118 e. The maximum absolute atomic E-state index is 5.17. The molecular weight excluding hydrogens is 280 g/mol. The molecule has 0 unspecified atom stereocenters. The topological polar surface area (TPSA) is 34.2 Å². The molecule has 0 aliphatic heterocycles. The lowest BCUT2D eigenvalue weighted by atomic mass is 10.2. The Balaban J connectivity index is 2.02. The molecule has 2 aromatic rings. The fraction of sp³-hybridized carbons (Fsp3) is 0.353. The third kappa shape index (κ3) is 4.76. The zero-order chi connectivity index (χ0) is 15.1. The molecule has 0 aliphatic carbocycles. The van der Waals surface area contributed by atoms with Crippen molar-refractivity contribution < 1.29 is 4.74 Å². The minimum Gasteiger partial charge on any atom is -0.497 e. The second kappa shape index (κ2) is 8.05. The van der Waals surface area contributed by atoms with Gasteiger partial charge in [0.15, 0.2) is 0 Å². The lowest BCUT2D eigenvalue weighted by molar-refractivity contribution is 0.414. The summed E-state index contributed by atoms with van der Waals surface area (Å²) in [6.45, 7) is 6.21. The minimum atomic E-state index is 0.876. The van der Waals surface area contributed by atoms with Crippen LogP contribution in [0.1, 0.15) is 24.5 Å². The van der Waals surface area contributed by atoms with Crippen molar-refractivity contribution in [1.29, 1.82) is 0 Å². The number of pyridine rings is 1. The first-order valence-electron chi connectivity index (χ1n) is 7.21. The molecule has 21 heavy (non-hydrogen) atoms. The summed E-state index contributed by atoms with van der Waals surface area (Å²) in [6.07, 6.45) is 3.11. The molecule has 1 aromatic carbocycles. The molecule has 1 N–H and O–H groups in total. The van der Waals surface area contributed by atoms with Gasteiger partial charge in [0.25, 0.3) is 0 Å². The number of benzene rings is 1. The molecular formula is C17H22N2OS. The van der Waals surface area contributed by atoms with Crippen LogP contribution >= 0.6 is 11.8 Å². The van der Waals surface area contributed by atoms with E-state index in [-0.39, 0.29) is 0 Å². The Kier molecular flexibility index (Phi) is 6.08. The number of hydrogen-bond donors (Lipinski definition) is 1. The third-order valence-corrected chi connectivity index (χ3v) is 4.25. The van der Waals surface area contributed by atoms with Gasteiger partial charge in [-0.15, -0.1) is 0 Å². The number of aryl methyl sites for hydroxylation is 1. The van der Waals surface area contributed by atoms with E-state index in [9.17, 15) is 0 Å². The van der Waals surface area contributed by atoms with E-state index in [0.29, 0.717) is 0 Å². The van der Waals surface area contributed by atoms with Crippen LogP contribution in [0.25, 0.3) is 0 Å². The van der Waals surface area contributed by atoms with Gasteiger partial charge >= 0.3 is 0 Å². The number of nitrogens with zero attached hydrogens (tertiary/aromatic N) is 1. The van der Waals surface area contributed by atoms with Crippen LogP contribution in [0, 0.1) is 6.92 Å². The largest absolute Gasteiger partial charge is 0.497 e. The number of hydrogen-bond acceptors (Lipinski definition) is 4. The standard InChI is InChI=1S/C17H22N2OS/c1-4-9-18-11-14-10-13(2)17(19-12-14)21-16-7-5-15(20-3)6-8-16/h5-8,10,12,18H,4,9,11H2,1-3H3. The first-order chi connectivity index (χ1) is 10.2. The number of rotatable bonds is 7. The second-order valence-electron chi connectivity index (χ2n) is 4.92. The molecule has 0 saturated heterocycles. The highest BCUT2D eigenvalue weighted by Gasteiger charge is 2.05. The Morgan fingerprint density at radius 2 is 2.00 bits per heavy atom. The first-order valence-corrected chi connectivity index (χ1v) is 8.02. The van der Waals surface area contributed by atoms with Crippen LogP contribution in [0.4, 0.5) is 0 Å². The van der Waals surface area contributed by atoms with Gasteiger partial charge in [0.2, 0.25) is 0 Å². The average Bonchev–Trinajstić information content (AvgIpc) is 2.51. The van der Waals surface area contributed by atoms with Crippen LogP contribution in [-0.2, 0) is 6.54 Å². The van der Waals surface area contributed by atoms with E-state index in [4.69, 9.17) is 4.74 Å². The van der Waals surface area contributed by atoms with Gasteiger partial charge in [-0.25, -0.2) is 4.98 Å². The molecule has 0 aliphatic rings. The quantitative estimate of drug-likeness (QED) is 0.782. The highest BCUT2D eigenvalue weighted by Crippen LogP contribution is 2.29. The molecule has 4 heteroatoms. The molecule has 0 saturated carbocycles. The molecule has 0 bridgehead atoms. The number of methoxy groups -OCH3 is 1. The van der Waals surface area contributed by atoms with Crippen LogP contribution in [0.3, 0.4) is 0 Å². The number of aromatic nitrogens is 1. The Labute approximate surface area is 131 Å². The summed E-state index contributed by atoms with van der Waals surface area (Å²) in [5, 5.41) is 4.45. The summed E-state index contributed by atoms with van der Waals surface area (Å²) >= 11 is 1.68. The van der Waals surface area contributed by atoms with E-state index in [1.54, 1.807) is 18.9 Å². The van der Waals surface area contributed by atoms with Crippen molar-refractivity contribution in [3.8, 4) is 5.75 Å². The number of nitrogens with one attached hydrogen (secondary N) is 1. The highest BCUT2D eigenvalue weighted by molar-refractivity contribution is 7.99. The van der Waals surface area contributed by atoms with Crippen molar-refractivity contribution in [2.45, 2.75) is 36.7 Å². The van der Waals surface area contributed by atoms with Gasteiger partial charge in [-0.1, -0.05) is 24.8 Å². The molecule has 0 atom stereocenters. The molecule has 2 rings (SSSR count). The van der Waals surface area contributed by atoms with E-state index in [0.717, 1.165) is 30.3 Å². The summed E-state index contributed by atoms with van der Waals surface area (Å²) in [5.41, 5.74) is 2.45. The van der Waals surface area contributed by atoms with Crippen molar-refractivity contribution in [2.24, 2.45) is 0 Å². The predicted molar refractivity (Wildman–Crippen MR) is 88.1 cm³/mol. The van der Waals surface area contributed by atoms with Gasteiger partial charge < -0.3 is 10.1 Å². The molecule has 1 heterocycles. The van der Waals surface area contributed by atoms with Gasteiger partial charge in [0.1, 0.15) is 10.8 Å². The lowest BCUT2D eigenvalue weighted by Crippen LogP contribution is -2.14. The van der Waals surface area contributed by atoms with Crippen molar-refractivity contribution in [1.82, 2.24) is 10.3 Å². The number of ether oxygens (including phenoxy) is 1. The fourth-order valence-corrected chi connectivity index (χ4v) is 2.81. The van der Waals surface area contributed by atoms with Crippen molar-refractivity contribution in [2.75, 3.05) is 13.7 Å². The SMILES string of the molecule is CCCNCc1cnc(Sc2ccc(OC)cc2)c(C)c1. The summed E-state index contributed by atoms with van der Waals surface area (Å²) < 4.78 is 5.17. The Morgan fingerprint density at radius 1 is 1.24 bits per heavy atom. The van der Waals surface area contributed by atoms with E-state index < -0.39 is 0 Å². The summed E-state index contributed by atoms with van der Waals surface area (Å²) in [5.74, 6) is 0.876. The zero-order valence-electron chi connectivity index (χ0n) is 12.8. The third-order valence-electron chi connectivity index (χ3n) is 3.12. The maximum atomic E-state index is 5.17. The average molecular weight is 302 g/mol. The Morgan fingerprint density at radius 3 is 2.62 bits per heavy atom. The van der Waals surface area contributed by atoms with Crippen LogP contribution in [0.5, 0.6) is 5.75 Å². The van der Waals surface area contributed by atoms with Crippen LogP contribution in [0.2, 0.25) is 0 Å². The van der Waals surface area contributed by atoms with Gasteiger partial charge in [-0.3, -0.25) is 0 Å². The molecule has 0 fully saturated rings. The second-order valence-corrected chi connectivity index (χ2v) is 5.98. The molecule has 0 spiro atoms. The summed E-state index contributed by atoms with van der Waals surface area (Å²) in [7, 11) is 1.68. The Bertz CT molecular complexity index is 570. The van der Waals surface area contributed by atoms with Gasteiger partial charge in [0, 0.05) is 17.6 Å². The van der Waals surface area contributed by atoms with Crippen LogP contribution < -0.4 is 10.1 Å². The predicted octanol–water partition coefficient (Wildman–Crippen LogP) is 4.05. The molecule has 112 valence electrons. The molecule has 0 amide bonds. The van der Waals surface area contributed by atoms with E-state index in [1.807, 2.05) is 18.3 Å². The van der Waals surface area contributed by atoms with Crippen LogP contribution in [0.15, 0.2) is 46.5 Å². The van der Waals surface area contributed by atoms with Gasteiger partial charge in [0.05, 0.1) is 7.11 Å². The van der Waals surface area contributed by atoms with Gasteiger partial charge in [-0.2, -0.15) is 0 Å². The van der Waals surface area contributed by atoms with Crippen molar-refractivity contribution >= 4 is 11.8 Å². The summed E-state index contributed by atoms with van der Waals surface area (Å²) in [4.78, 5) is 5.76. The van der Waals surface area contributed by atoms with Crippen molar-refractivity contribution in [3.63, 3.8) is 0 Å². The van der Waals surface area contributed by atoms with E-state index in [2.05, 4.69) is 42.3 Å². The molecule has 3 nitrogen and oxygen atoms in total. The molecule has 1 aromatic heterocycles. The van der Waals surface area contributed by atoms with Crippen molar-refractivity contribution in [3.05, 3.63) is 47.7 Å². The van der Waals surface area contributed by atoms with Gasteiger partial charge in [-0.05, 0) is 55.3 Å².